The van der Waals surface area contributed by atoms with E-state index in [-0.39, 0.29) is 59.1 Å². The van der Waals surface area contributed by atoms with Gasteiger partial charge in [-0.15, -0.1) is 0 Å². The van der Waals surface area contributed by atoms with Crippen molar-refractivity contribution in [3.05, 3.63) is 94.4 Å². The van der Waals surface area contributed by atoms with Crippen molar-refractivity contribution in [2.24, 2.45) is 0 Å². The Kier molecular flexibility index (Phi) is 14.0. The summed E-state index contributed by atoms with van der Waals surface area (Å²) in [5.74, 6) is -2.79. The van der Waals surface area contributed by atoms with Crippen LogP contribution in [0.3, 0.4) is 0 Å². The number of hydrogen-bond acceptors (Lipinski definition) is 8. The van der Waals surface area contributed by atoms with E-state index in [1.54, 1.807) is 48.5 Å². The van der Waals surface area contributed by atoms with Gasteiger partial charge in [0.2, 0.25) is 5.09 Å². The van der Waals surface area contributed by atoms with Gasteiger partial charge >= 0.3 is 91.3 Å². The summed E-state index contributed by atoms with van der Waals surface area (Å²) in [4.78, 5) is 23.4. The molecule has 0 aromatic heterocycles. The number of carbonyl (C=O) groups is 2. The van der Waals surface area contributed by atoms with Gasteiger partial charge in [0.1, 0.15) is 0 Å². The Balaban J connectivity index is 0.00000512. The van der Waals surface area contributed by atoms with Gasteiger partial charge in [0.25, 0.3) is 0 Å². The van der Waals surface area contributed by atoms with Crippen molar-refractivity contribution in [3.63, 3.8) is 0 Å². The Labute approximate surface area is 235 Å². The molecule has 0 saturated heterocycles. The van der Waals surface area contributed by atoms with Gasteiger partial charge in [0.05, 0.1) is 5.41 Å². The van der Waals surface area contributed by atoms with Gasteiger partial charge in [0, 0.05) is 18.2 Å². The molecule has 0 bridgehead atoms. The second-order valence-electron chi connectivity index (χ2n) is 5.71. The number of benzene rings is 2. The van der Waals surface area contributed by atoms with Gasteiger partial charge in [-0.3, -0.25) is 4.55 Å². The summed E-state index contributed by atoms with van der Waals surface area (Å²) < 4.78 is 64.3. The molecule has 0 aliphatic carbocycles. The Morgan fingerprint density at radius 3 is 1.76 bits per heavy atom. The van der Waals surface area contributed by atoms with E-state index >= 15 is 0 Å². The number of hydrogen-bond donors (Lipinski definition) is 1. The normalized spacial score (nSPS) is 12.0. The van der Waals surface area contributed by atoms with Crippen molar-refractivity contribution >= 4 is 103 Å². The number of carbonyl (C=O) groups excluding carboxylic acids is 2. The van der Waals surface area contributed by atoms with Gasteiger partial charge in [-0.05, 0) is 17.2 Å². The molecule has 0 fully saturated rings. The van der Waals surface area contributed by atoms with Crippen molar-refractivity contribution in [2.45, 2.75) is 0 Å². The van der Waals surface area contributed by atoms with Crippen LogP contribution in [0.2, 0.25) is 0 Å². The fourth-order valence-corrected chi connectivity index (χ4v) is 3.14. The SMILES string of the molecule is O=C(/C=C\C(=O)OS(=O)(=O)C=Cc1ccccc1)OC(=Cc1ccccc1)S(=O)(=O)O.[NaH].[NaH]. The fraction of sp³-hybridized carbons (Fsp3) is 0. The molecular weight excluding hydrogens is 494 g/mol. The third-order valence-electron chi connectivity index (χ3n) is 3.32. The van der Waals surface area contributed by atoms with E-state index < -0.39 is 37.3 Å². The van der Waals surface area contributed by atoms with Crippen LogP contribution < -0.4 is 0 Å². The predicted molar refractivity (Wildman–Crippen MR) is 126 cm³/mol. The van der Waals surface area contributed by atoms with Gasteiger partial charge < -0.3 is 8.92 Å². The van der Waals surface area contributed by atoms with Gasteiger partial charge in [-0.1, -0.05) is 60.7 Å². The molecule has 0 spiro atoms. The average Bonchev–Trinajstić information content (AvgIpc) is 2.71. The van der Waals surface area contributed by atoms with Gasteiger partial charge in [-0.25, -0.2) is 9.59 Å². The molecule has 0 aliphatic rings. The van der Waals surface area contributed by atoms with Crippen molar-refractivity contribution in [1.29, 1.82) is 0 Å². The summed E-state index contributed by atoms with van der Waals surface area (Å²) in [6, 6.07) is 16.1. The molecule has 33 heavy (non-hydrogen) atoms. The summed E-state index contributed by atoms with van der Waals surface area (Å²) in [5.41, 5.74) is 0.854. The second kappa shape index (κ2) is 14.7. The molecule has 13 heteroatoms. The molecule has 0 unspecified atom stereocenters. The zero-order valence-electron chi connectivity index (χ0n) is 15.7. The van der Waals surface area contributed by atoms with Crippen LogP contribution in [0.1, 0.15) is 11.1 Å². The van der Waals surface area contributed by atoms with Crippen LogP contribution in [-0.2, 0) is 38.7 Å². The van der Waals surface area contributed by atoms with Gasteiger partial charge in [0.15, 0.2) is 0 Å². The molecule has 2 aromatic rings. The molecule has 0 amide bonds. The van der Waals surface area contributed by atoms with E-state index in [9.17, 15) is 31.0 Å². The Bertz CT molecular complexity index is 1240. The quantitative estimate of drug-likeness (QED) is 0.138. The molecule has 0 atom stereocenters. The first kappa shape index (κ1) is 31.5. The average molecular weight is 512 g/mol. The van der Waals surface area contributed by atoms with Crippen molar-refractivity contribution in [1.82, 2.24) is 0 Å². The molecule has 2 aromatic carbocycles. The first-order valence-corrected chi connectivity index (χ1v) is 11.3. The Morgan fingerprint density at radius 2 is 1.24 bits per heavy atom. The molecule has 0 heterocycles. The van der Waals surface area contributed by atoms with E-state index in [2.05, 4.69) is 8.92 Å². The first-order valence-electron chi connectivity index (χ1n) is 8.41. The van der Waals surface area contributed by atoms with Crippen molar-refractivity contribution in [2.75, 3.05) is 0 Å². The van der Waals surface area contributed by atoms with E-state index in [1.807, 2.05) is 0 Å². The monoisotopic (exact) mass is 512 g/mol. The summed E-state index contributed by atoms with van der Waals surface area (Å²) in [6.07, 6.45) is 2.97. The summed E-state index contributed by atoms with van der Waals surface area (Å²) in [5, 5.41) is -0.425. The summed E-state index contributed by atoms with van der Waals surface area (Å²) in [6.45, 7) is 0. The molecular formula is C20H18Na2O9S2. The Hall–Kier alpha value is -1.54. The zero-order chi connectivity index (χ0) is 22.9. The standard InChI is InChI=1S/C20H16O9S2.2Na.2H/c21-18(28-20(31(25,26)27)15-17-9-5-2-6-10-17)11-12-19(22)29-30(23,24)14-13-16-7-3-1-4-8-16;;;;/h1-15H,(H,25,26,27);;;;/b12-11-,14-13?,20-15?;;;;. The summed E-state index contributed by atoms with van der Waals surface area (Å²) >= 11 is 0. The minimum absolute atomic E-state index is 0. The van der Waals surface area contributed by atoms with Crippen LogP contribution in [0.15, 0.2) is 83.3 Å². The summed E-state index contributed by atoms with van der Waals surface area (Å²) in [7, 11) is -9.29. The van der Waals surface area contributed by atoms with Gasteiger partial charge in [-0.2, -0.15) is 16.8 Å². The van der Waals surface area contributed by atoms with Crippen LogP contribution in [-0.4, -0.2) is 92.4 Å². The van der Waals surface area contributed by atoms with E-state index in [4.69, 9.17) is 0 Å². The molecule has 166 valence electrons. The number of rotatable bonds is 8. The minimum atomic E-state index is -4.90. The first-order chi connectivity index (χ1) is 14.5. The second-order valence-corrected chi connectivity index (χ2v) is 8.49. The maximum absolute atomic E-state index is 11.8. The van der Waals surface area contributed by atoms with Crippen LogP contribution >= 0.6 is 0 Å². The maximum atomic E-state index is 11.8. The molecule has 0 radical (unpaired) electrons. The molecule has 1 N–H and O–H groups in total. The zero-order valence-corrected chi connectivity index (χ0v) is 17.3. The van der Waals surface area contributed by atoms with E-state index in [0.717, 1.165) is 6.08 Å². The van der Waals surface area contributed by atoms with Crippen LogP contribution in [0, 0.1) is 0 Å². The molecule has 0 aliphatic heterocycles. The van der Waals surface area contributed by atoms with Crippen molar-refractivity contribution in [3.8, 4) is 0 Å². The molecule has 0 saturated carbocycles. The molecule has 2 rings (SSSR count). The number of esters is 1. The Morgan fingerprint density at radius 1 is 0.758 bits per heavy atom. The van der Waals surface area contributed by atoms with Crippen LogP contribution in [0.25, 0.3) is 12.2 Å². The third-order valence-corrected chi connectivity index (χ3v) is 4.90. The third kappa shape index (κ3) is 12.5. The number of ether oxygens (including phenoxy) is 1. The molecule has 9 nitrogen and oxygen atoms in total. The van der Waals surface area contributed by atoms with E-state index in [0.29, 0.717) is 28.7 Å². The van der Waals surface area contributed by atoms with Crippen molar-refractivity contribution < 1.29 is 39.9 Å². The van der Waals surface area contributed by atoms with Crippen LogP contribution in [0.5, 0.6) is 0 Å². The van der Waals surface area contributed by atoms with Crippen LogP contribution in [0.4, 0.5) is 0 Å². The fourth-order valence-electron chi connectivity index (χ4n) is 2.01. The van der Waals surface area contributed by atoms with E-state index in [1.165, 1.54) is 18.2 Å². The predicted octanol–water partition coefficient (Wildman–Crippen LogP) is 1.22. The topological polar surface area (TPSA) is 141 Å².